The summed E-state index contributed by atoms with van der Waals surface area (Å²) in [6.07, 6.45) is 5.64. The summed E-state index contributed by atoms with van der Waals surface area (Å²) in [5.74, 6) is 2.25. The fourth-order valence-electron chi connectivity index (χ4n) is 1.08. The van der Waals surface area contributed by atoms with Crippen LogP contribution in [0.2, 0.25) is 0 Å². The van der Waals surface area contributed by atoms with Crippen LogP contribution in [0.1, 0.15) is 11.5 Å². The van der Waals surface area contributed by atoms with Gasteiger partial charge in [0.1, 0.15) is 24.6 Å². The highest BCUT2D eigenvalue weighted by atomic mass is 16.5. The second-order valence-corrected chi connectivity index (χ2v) is 2.80. The molecular formula is C12H9NO2. The average molecular weight is 199 g/mol. The summed E-state index contributed by atoms with van der Waals surface area (Å²) in [7, 11) is 0. The van der Waals surface area contributed by atoms with Gasteiger partial charge in [-0.1, -0.05) is 18.1 Å². The number of nitriles is 1. The zero-order valence-electron chi connectivity index (χ0n) is 8.01. The van der Waals surface area contributed by atoms with Crippen LogP contribution >= 0.6 is 0 Å². The van der Waals surface area contributed by atoms with E-state index in [0.717, 1.165) is 0 Å². The molecule has 0 bridgehead atoms. The van der Waals surface area contributed by atoms with Crippen LogP contribution in [0.25, 0.3) is 0 Å². The molecule has 0 aliphatic carbocycles. The molecule has 1 aromatic rings. The molecule has 0 saturated carbocycles. The normalized spacial score (nSPS) is 10.8. The molecule has 0 amide bonds. The number of nitrogens with zero attached hydrogens (tertiary/aromatic N) is 1. The van der Waals surface area contributed by atoms with Gasteiger partial charge in [0.15, 0.2) is 0 Å². The van der Waals surface area contributed by atoms with Gasteiger partial charge in [-0.25, -0.2) is 0 Å². The molecule has 0 spiro atoms. The highest BCUT2D eigenvalue weighted by Gasteiger charge is 2.08. The van der Waals surface area contributed by atoms with Gasteiger partial charge in [0, 0.05) is 0 Å². The van der Waals surface area contributed by atoms with Crippen LogP contribution in [-0.4, -0.2) is 12.9 Å². The Kier molecular flexibility index (Phi) is 3.94. The highest BCUT2D eigenvalue weighted by molar-refractivity contribution is 5.66. The zero-order valence-corrected chi connectivity index (χ0v) is 8.01. The largest absolute Gasteiger partial charge is 0.481 e. The van der Waals surface area contributed by atoms with Crippen molar-refractivity contribution >= 4 is 6.29 Å². The van der Waals surface area contributed by atoms with Crippen molar-refractivity contribution in [1.29, 1.82) is 5.26 Å². The van der Waals surface area contributed by atoms with Gasteiger partial charge in [-0.2, -0.15) is 5.26 Å². The van der Waals surface area contributed by atoms with Crippen molar-refractivity contribution in [3.05, 3.63) is 29.8 Å². The number of carbonyl (C=O) groups excluding carboxylic acids is 1. The first-order valence-electron chi connectivity index (χ1n) is 4.33. The number of benzene rings is 1. The first kappa shape index (κ1) is 10.8. The summed E-state index contributed by atoms with van der Waals surface area (Å²) in [6, 6.07) is 8.60. The Bertz CT molecular complexity index is 409. The molecule has 0 aliphatic heterocycles. The summed E-state index contributed by atoms with van der Waals surface area (Å²) in [4.78, 5) is 10.5. The Morgan fingerprint density at radius 2 is 2.13 bits per heavy atom. The lowest BCUT2D eigenvalue weighted by Crippen LogP contribution is -1.97. The van der Waals surface area contributed by atoms with E-state index in [1.807, 2.05) is 6.07 Å². The van der Waals surface area contributed by atoms with Gasteiger partial charge in [0.25, 0.3) is 0 Å². The number of rotatable bonds is 4. The molecule has 0 saturated heterocycles. The zero-order chi connectivity index (χ0) is 11.1. The second kappa shape index (κ2) is 5.47. The molecule has 0 aromatic heterocycles. The van der Waals surface area contributed by atoms with E-state index >= 15 is 0 Å². The highest BCUT2D eigenvalue weighted by Crippen LogP contribution is 2.17. The van der Waals surface area contributed by atoms with Crippen LogP contribution in [0.4, 0.5) is 0 Å². The molecule has 74 valence electrons. The van der Waals surface area contributed by atoms with Gasteiger partial charge in [-0.15, -0.1) is 6.42 Å². The first-order chi connectivity index (χ1) is 7.31. The van der Waals surface area contributed by atoms with Gasteiger partial charge in [0.2, 0.25) is 0 Å². The van der Waals surface area contributed by atoms with E-state index in [-0.39, 0.29) is 6.61 Å². The number of carbonyl (C=O) groups is 1. The van der Waals surface area contributed by atoms with Gasteiger partial charge in [-0.3, -0.25) is 0 Å². The number of terminal acetylenes is 1. The van der Waals surface area contributed by atoms with E-state index in [2.05, 4.69) is 5.92 Å². The lowest BCUT2D eigenvalue weighted by Gasteiger charge is -2.04. The molecule has 1 unspecified atom stereocenters. The van der Waals surface area contributed by atoms with E-state index in [1.54, 1.807) is 24.3 Å². The van der Waals surface area contributed by atoms with Crippen molar-refractivity contribution in [2.24, 2.45) is 0 Å². The third-order valence-corrected chi connectivity index (χ3v) is 1.84. The number of hydrogen-bond acceptors (Lipinski definition) is 3. The molecule has 0 radical (unpaired) electrons. The molecule has 0 fully saturated rings. The number of aldehydes is 1. The Morgan fingerprint density at radius 3 is 2.60 bits per heavy atom. The third kappa shape index (κ3) is 2.86. The maximum atomic E-state index is 10.5. The first-order valence-corrected chi connectivity index (χ1v) is 4.33. The van der Waals surface area contributed by atoms with Crippen molar-refractivity contribution in [2.75, 3.05) is 6.61 Å². The predicted octanol–water partition coefficient (Wildman–Crippen LogP) is 1.50. The molecular weight excluding hydrogens is 190 g/mol. The lowest BCUT2D eigenvalue weighted by atomic mass is 10.0. The Labute approximate surface area is 88.3 Å². The predicted molar refractivity (Wildman–Crippen MR) is 55.2 cm³/mol. The monoisotopic (exact) mass is 199 g/mol. The summed E-state index contributed by atoms with van der Waals surface area (Å²) in [5, 5.41) is 8.65. The summed E-state index contributed by atoms with van der Waals surface area (Å²) in [5.41, 5.74) is 0.653. The van der Waals surface area contributed by atoms with Crippen LogP contribution < -0.4 is 4.74 Å². The van der Waals surface area contributed by atoms with Gasteiger partial charge in [-0.05, 0) is 17.7 Å². The van der Waals surface area contributed by atoms with E-state index in [1.165, 1.54) is 0 Å². The van der Waals surface area contributed by atoms with Crippen LogP contribution in [0.15, 0.2) is 24.3 Å². The minimum absolute atomic E-state index is 0.203. The van der Waals surface area contributed by atoms with E-state index in [4.69, 9.17) is 16.4 Å². The maximum absolute atomic E-state index is 10.5. The molecule has 0 N–H and O–H groups in total. The van der Waals surface area contributed by atoms with Crippen molar-refractivity contribution in [1.82, 2.24) is 0 Å². The molecule has 1 aromatic carbocycles. The minimum Gasteiger partial charge on any atom is -0.481 e. The molecule has 15 heavy (non-hydrogen) atoms. The molecule has 1 atom stereocenters. The number of hydrogen-bond donors (Lipinski definition) is 0. The van der Waals surface area contributed by atoms with Crippen molar-refractivity contribution in [3.8, 4) is 24.2 Å². The Morgan fingerprint density at radius 1 is 1.47 bits per heavy atom. The van der Waals surface area contributed by atoms with E-state index in [9.17, 15) is 4.79 Å². The quantitative estimate of drug-likeness (QED) is 0.545. The van der Waals surface area contributed by atoms with E-state index in [0.29, 0.717) is 17.6 Å². The van der Waals surface area contributed by atoms with Crippen LogP contribution in [-0.2, 0) is 4.79 Å². The van der Waals surface area contributed by atoms with Gasteiger partial charge in [0.05, 0.1) is 6.07 Å². The van der Waals surface area contributed by atoms with E-state index < -0.39 is 5.92 Å². The molecule has 0 aliphatic rings. The van der Waals surface area contributed by atoms with Crippen LogP contribution in [0, 0.1) is 23.7 Å². The van der Waals surface area contributed by atoms with Crippen molar-refractivity contribution < 1.29 is 9.53 Å². The van der Waals surface area contributed by atoms with Crippen LogP contribution in [0.3, 0.4) is 0 Å². The number of ether oxygens (including phenoxy) is 1. The lowest BCUT2D eigenvalue weighted by molar-refractivity contribution is -0.108. The van der Waals surface area contributed by atoms with Crippen molar-refractivity contribution in [3.63, 3.8) is 0 Å². The third-order valence-electron chi connectivity index (χ3n) is 1.84. The average Bonchev–Trinajstić information content (AvgIpc) is 2.29. The summed E-state index contributed by atoms with van der Waals surface area (Å²) >= 11 is 0. The Hall–Kier alpha value is -2.26. The summed E-state index contributed by atoms with van der Waals surface area (Å²) in [6.45, 7) is 0.203. The standard InChI is InChI=1S/C12H9NO2/c1-2-7-15-12-5-3-10(4-6-12)11(8-13)9-14/h1,3-6,9,11H,7H2. The molecule has 0 heterocycles. The van der Waals surface area contributed by atoms with Crippen molar-refractivity contribution in [2.45, 2.75) is 5.92 Å². The fourth-order valence-corrected chi connectivity index (χ4v) is 1.08. The molecule has 1 rings (SSSR count). The van der Waals surface area contributed by atoms with Gasteiger partial charge < -0.3 is 9.53 Å². The maximum Gasteiger partial charge on any atom is 0.148 e. The van der Waals surface area contributed by atoms with Gasteiger partial charge >= 0.3 is 0 Å². The second-order valence-electron chi connectivity index (χ2n) is 2.80. The minimum atomic E-state index is -0.716. The molecule has 3 heteroatoms. The topological polar surface area (TPSA) is 50.1 Å². The Balaban J connectivity index is 2.77. The fraction of sp³-hybridized carbons (Fsp3) is 0.167. The summed E-state index contributed by atoms with van der Waals surface area (Å²) < 4.78 is 5.15. The molecule has 3 nitrogen and oxygen atoms in total. The van der Waals surface area contributed by atoms with Crippen LogP contribution in [0.5, 0.6) is 5.75 Å². The SMILES string of the molecule is C#CCOc1ccc(C(C#N)C=O)cc1. The smallest absolute Gasteiger partial charge is 0.148 e.